The van der Waals surface area contributed by atoms with Crippen molar-refractivity contribution in [2.24, 2.45) is 23.7 Å². The average Bonchev–Trinajstić information content (AvgIpc) is 2.58. The Hall–Kier alpha value is -1.52. The van der Waals surface area contributed by atoms with Crippen molar-refractivity contribution in [1.82, 2.24) is 0 Å². The van der Waals surface area contributed by atoms with E-state index in [0.717, 1.165) is 24.3 Å². The van der Waals surface area contributed by atoms with Crippen molar-refractivity contribution in [2.75, 3.05) is 0 Å². The zero-order valence-corrected chi connectivity index (χ0v) is 16.2. The van der Waals surface area contributed by atoms with E-state index in [-0.39, 0.29) is 5.92 Å². The van der Waals surface area contributed by atoms with E-state index in [9.17, 15) is 0 Å². The first-order valence-corrected chi connectivity index (χ1v) is 9.23. The van der Waals surface area contributed by atoms with E-state index in [1.54, 1.807) is 6.08 Å². The molecule has 130 valence electrons. The van der Waals surface area contributed by atoms with Crippen molar-refractivity contribution in [3.8, 4) is 6.07 Å². The SMILES string of the molecule is C=CC(C#N)C[C@H](C)C(C)C1=CC=C[C@H](C(=C/CC)/C=C(\C)Cl)C1. The number of allylic oxidation sites excluding steroid dienone is 9. The van der Waals surface area contributed by atoms with Crippen LogP contribution in [0.3, 0.4) is 0 Å². The number of halogens is 1. The maximum atomic E-state index is 9.15. The topological polar surface area (TPSA) is 23.8 Å². The quantitative estimate of drug-likeness (QED) is 0.345. The second kappa shape index (κ2) is 10.4. The Morgan fingerprint density at radius 2 is 2.21 bits per heavy atom. The van der Waals surface area contributed by atoms with Gasteiger partial charge in [0.25, 0.3) is 0 Å². The second-order valence-corrected chi connectivity index (χ2v) is 7.35. The Labute approximate surface area is 153 Å². The molecular formula is C22H30ClN. The van der Waals surface area contributed by atoms with E-state index in [1.165, 1.54) is 11.1 Å². The molecule has 0 aromatic carbocycles. The van der Waals surface area contributed by atoms with Crippen LogP contribution in [0.15, 0.2) is 59.2 Å². The van der Waals surface area contributed by atoms with Gasteiger partial charge < -0.3 is 0 Å². The molecule has 4 atom stereocenters. The van der Waals surface area contributed by atoms with Crippen LogP contribution in [0.25, 0.3) is 0 Å². The van der Waals surface area contributed by atoms with Crippen molar-refractivity contribution in [3.05, 3.63) is 59.2 Å². The van der Waals surface area contributed by atoms with E-state index >= 15 is 0 Å². The summed E-state index contributed by atoms with van der Waals surface area (Å²) < 4.78 is 0. The lowest BCUT2D eigenvalue weighted by Crippen LogP contribution is -2.17. The maximum absolute atomic E-state index is 9.15. The van der Waals surface area contributed by atoms with Gasteiger partial charge in [-0.05, 0) is 49.7 Å². The highest BCUT2D eigenvalue weighted by atomic mass is 35.5. The van der Waals surface area contributed by atoms with Gasteiger partial charge in [0.1, 0.15) is 0 Å². The van der Waals surface area contributed by atoms with Gasteiger partial charge in [-0.15, -0.1) is 6.58 Å². The highest BCUT2D eigenvalue weighted by Gasteiger charge is 2.23. The Kier molecular flexibility index (Phi) is 8.87. The molecule has 0 heterocycles. The lowest BCUT2D eigenvalue weighted by atomic mass is 9.76. The summed E-state index contributed by atoms with van der Waals surface area (Å²) in [6, 6.07) is 2.32. The van der Waals surface area contributed by atoms with Crippen LogP contribution < -0.4 is 0 Å². The summed E-state index contributed by atoms with van der Waals surface area (Å²) in [5, 5.41) is 9.97. The Bertz CT molecular complexity index is 582. The number of rotatable bonds is 8. The lowest BCUT2D eigenvalue weighted by molar-refractivity contribution is 0.378. The van der Waals surface area contributed by atoms with Gasteiger partial charge in [-0.1, -0.05) is 68.3 Å². The Morgan fingerprint density at radius 3 is 2.75 bits per heavy atom. The van der Waals surface area contributed by atoms with E-state index in [4.69, 9.17) is 16.9 Å². The van der Waals surface area contributed by atoms with Gasteiger partial charge in [-0.25, -0.2) is 0 Å². The van der Waals surface area contributed by atoms with Crippen molar-refractivity contribution >= 4 is 11.6 Å². The van der Waals surface area contributed by atoms with Crippen molar-refractivity contribution in [3.63, 3.8) is 0 Å². The van der Waals surface area contributed by atoms with Gasteiger partial charge in [-0.2, -0.15) is 5.26 Å². The fraction of sp³-hybridized carbons (Fsp3) is 0.500. The molecule has 0 aromatic rings. The van der Waals surface area contributed by atoms with Crippen LogP contribution in [-0.2, 0) is 0 Å². The molecule has 0 N–H and O–H groups in total. The predicted molar refractivity (Wildman–Crippen MR) is 106 cm³/mol. The fourth-order valence-corrected chi connectivity index (χ4v) is 3.35. The van der Waals surface area contributed by atoms with Crippen molar-refractivity contribution < 1.29 is 0 Å². The third kappa shape index (κ3) is 6.17. The van der Waals surface area contributed by atoms with Gasteiger partial charge in [-0.3, -0.25) is 0 Å². The van der Waals surface area contributed by atoms with Gasteiger partial charge >= 0.3 is 0 Å². The highest BCUT2D eigenvalue weighted by Crippen LogP contribution is 2.35. The van der Waals surface area contributed by atoms with E-state index in [2.05, 4.69) is 63.8 Å². The monoisotopic (exact) mass is 343 g/mol. The molecule has 2 heteroatoms. The van der Waals surface area contributed by atoms with Gasteiger partial charge in [0.15, 0.2) is 0 Å². The van der Waals surface area contributed by atoms with Crippen molar-refractivity contribution in [2.45, 2.75) is 47.0 Å². The molecule has 0 bridgehead atoms. The molecule has 0 radical (unpaired) electrons. The predicted octanol–water partition coefficient (Wildman–Crippen LogP) is 6.96. The first-order chi connectivity index (χ1) is 11.4. The molecule has 1 aliphatic carbocycles. The second-order valence-electron chi connectivity index (χ2n) is 6.75. The number of nitrogens with zero attached hydrogens (tertiary/aromatic N) is 1. The number of hydrogen-bond donors (Lipinski definition) is 0. The summed E-state index contributed by atoms with van der Waals surface area (Å²) in [6.45, 7) is 12.4. The molecular weight excluding hydrogens is 314 g/mol. The van der Waals surface area contributed by atoms with Gasteiger partial charge in [0.05, 0.1) is 12.0 Å². The minimum absolute atomic E-state index is 0.0599. The molecule has 1 nitrogen and oxygen atoms in total. The summed E-state index contributed by atoms with van der Waals surface area (Å²) in [6.07, 6.45) is 15.7. The van der Waals surface area contributed by atoms with Crippen LogP contribution in [0, 0.1) is 35.0 Å². The highest BCUT2D eigenvalue weighted by molar-refractivity contribution is 6.29. The molecule has 0 saturated heterocycles. The molecule has 0 fully saturated rings. The maximum Gasteiger partial charge on any atom is 0.0697 e. The van der Waals surface area contributed by atoms with Gasteiger partial charge in [0.2, 0.25) is 0 Å². The molecule has 0 aliphatic heterocycles. The number of nitriles is 1. The molecule has 0 aromatic heterocycles. The summed E-state index contributed by atoms with van der Waals surface area (Å²) in [4.78, 5) is 0. The minimum atomic E-state index is -0.0599. The molecule has 1 rings (SSSR count). The van der Waals surface area contributed by atoms with Crippen molar-refractivity contribution in [1.29, 1.82) is 5.26 Å². The van der Waals surface area contributed by atoms with Crippen LogP contribution in [0.2, 0.25) is 0 Å². The molecule has 1 aliphatic rings. The third-order valence-electron chi connectivity index (χ3n) is 4.86. The zero-order chi connectivity index (χ0) is 18.1. The molecule has 0 spiro atoms. The fourth-order valence-electron chi connectivity index (χ4n) is 3.22. The zero-order valence-electron chi connectivity index (χ0n) is 15.4. The van der Waals surface area contributed by atoms with Crippen LogP contribution in [0.4, 0.5) is 0 Å². The normalized spacial score (nSPS) is 22.3. The summed E-state index contributed by atoms with van der Waals surface area (Å²) in [7, 11) is 0. The Morgan fingerprint density at radius 1 is 1.50 bits per heavy atom. The third-order valence-corrected chi connectivity index (χ3v) is 4.97. The number of hydrogen-bond acceptors (Lipinski definition) is 1. The van der Waals surface area contributed by atoms with E-state index < -0.39 is 0 Å². The average molecular weight is 344 g/mol. The molecule has 0 saturated carbocycles. The standard InChI is InChI=1S/C22H30ClN/c1-6-9-21(13-17(4)23)22-11-8-10-20(14-22)18(5)16(3)12-19(7-2)15-24/h7-11,13,16,18-19,22H,2,6,12,14H2,1,3-5H3/b17-13+,21-9+/t16-,18?,19?,22-/m0/s1. The van der Waals surface area contributed by atoms with Crippen LogP contribution in [0.5, 0.6) is 0 Å². The van der Waals surface area contributed by atoms with E-state index in [0.29, 0.717) is 17.8 Å². The molecule has 2 unspecified atom stereocenters. The largest absolute Gasteiger partial charge is 0.198 e. The molecule has 24 heavy (non-hydrogen) atoms. The first-order valence-electron chi connectivity index (χ1n) is 8.86. The minimum Gasteiger partial charge on any atom is -0.198 e. The van der Waals surface area contributed by atoms with E-state index in [1.807, 2.05) is 6.92 Å². The summed E-state index contributed by atoms with van der Waals surface area (Å²) in [5.41, 5.74) is 2.76. The first kappa shape index (κ1) is 20.5. The van der Waals surface area contributed by atoms with Crippen LogP contribution >= 0.6 is 11.6 Å². The summed E-state index contributed by atoms with van der Waals surface area (Å²) >= 11 is 6.11. The smallest absolute Gasteiger partial charge is 0.0697 e. The van der Waals surface area contributed by atoms with Gasteiger partial charge in [0, 0.05) is 11.0 Å². The Balaban J connectivity index is 2.85. The summed E-state index contributed by atoms with van der Waals surface area (Å²) in [5.74, 6) is 1.24. The van der Waals surface area contributed by atoms with Crippen LogP contribution in [-0.4, -0.2) is 0 Å². The molecule has 0 amide bonds. The van der Waals surface area contributed by atoms with Crippen LogP contribution in [0.1, 0.15) is 47.0 Å². The lowest BCUT2D eigenvalue weighted by Gasteiger charge is -2.28.